The van der Waals surface area contributed by atoms with Crippen molar-refractivity contribution in [3.8, 4) is 0 Å². The fraction of sp³-hybridized carbons (Fsp3) is 1.00. The molecule has 0 spiro atoms. The molecule has 33 nitrogen and oxygen atoms in total. The largest absolute Gasteiger partial charge is 0.437 e. The Bertz CT molecular complexity index is 3430. The lowest BCUT2D eigenvalue weighted by Crippen LogP contribution is -2.64. The summed E-state index contributed by atoms with van der Waals surface area (Å²) in [7, 11) is -74.9. The van der Waals surface area contributed by atoms with Crippen LogP contribution >= 0.6 is 0 Å². The van der Waals surface area contributed by atoms with Crippen molar-refractivity contribution in [1.29, 1.82) is 0 Å². The molecule has 3 unspecified atom stereocenters. The number of methoxy groups -OCH3 is 3. The van der Waals surface area contributed by atoms with Gasteiger partial charge in [0.2, 0.25) is 0 Å². The van der Waals surface area contributed by atoms with Gasteiger partial charge in [-0.25, -0.2) is 0 Å². The molecule has 0 aromatic carbocycles. The van der Waals surface area contributed by atoms with Gasteiger partial charge in [-0.15, -0.1) is 0 Å². The molecule has 0 heterocycles. The highest BCUT2D eigenvalue weighted by Crippen LogP contribution is 2.40. The predicted octanol–water partition coefficient (Wildman–Crippen LogP) is 22.6. The summed E-state index contributed by atoms with van der Waals surface area (Å²) in [4.78, 5) is 0. The molecule has 0 radical (unpaired) electrons. The van der Waals surface area contributed by atoms with Crippen LogP contribution in [0.25, 0.3) is 0 Å². The van der Waals surface area contributed by atoms with Gasteiger partial charge < -0.3 is 140 Å². The van der Waals surface area contributed by atoms with Crippen molar-refractivity contribution in [2.45, 2.75) is 397 Å². The molecule has 61 heteroatoms. The average molecular weight is 2400 g/mol. The van der Waals surface area contributed by atoms with Crippen LogP contribution in [0, 0.1) is 0 Å². The van der Waals surface area contributed by atoms with Crippen molar-refractivity contribution in [1.82, 2.24) is 0 Å². The fourth-order valence-corrected chi connectivity index (χ4v) is 165. The van der Waals surface area contributed by atoms with Crippen LogP contribution in [-0.2, 0) is 140 Å². The molecule has 0 rings (SSSR count). The summed E-state index contributed by atoms with van der Waals surface area (Å²) in [5, 5.41) is 0. The molecule has 0 aromatic heterocycles. The first-order chi connectivity index (χ1) is 58.8. The van der Waals surface area contributed by atoms with Gasteiger partial charge in [0.15, 0.2) is 16.6 Å². The summed E-state index contributed by atoms with van der Waals surface area (Å²) < 4.78 is 225. The highest BCUT2D eigenvalue weighted by Gasteiger charge is 2.59. The lowest BCUT2D eigenvalue weighted by Gasteiger charge is -2.46. The first-order valence-corrected chi connectivity index (χ1v) is 127. The number of rotatable bonds is 75. The highest BCUT2D eigenvalue weighted by molar-refractivity contribution is 6.99. The van der Waals surface area contributed by atoms with Gasteiger partial charge in [0.1, 0.15) is 0 Å². The second kappa shape index (κ2) is 52.9. The quantitative estimate of drug-likeness (QED) is 0.0403. The van der Waals surface area contributed by atoms with Crippen LogP contribution < -0.4 is 0 Å². The molecular weight excluding hydrogens is 2190 g/mol. The van der Waals surface area contributed by atoms with E-state index in [4.69, 9.17) is 140 Å². The predicted molar refractivity (Wildman–Crippen MR) is 609 cm³/mol. The average Bonchev–Trinajstić information content (AvgIpc) is 0.805. The summed E-state index contributed by atoms with van der Waals surface area (Å²) in [6.45, 7) is 119. The topological polar surface area (TPSA) is 305 Å². The summed E-state index contributed by atoms with van der Waals surface area (Å²) >= 11 is 0. The lowest BCUT2D eigenvalue weighted by atomic mass is 10.5. The van der Waals surface area contributed by atoms with Crippen molar-refractivity contribution in [2.75, 3.05) is 80.8 Å². The summed E-state index contributed by atoms with van der Waals surface area (Å²) in [5.74, 6) is 0. The Morgan fingerprint density at radius 1 is 0.112 bits per heavy atom. The smallest absolute Gasteiger partial charge is 0.317 e. The van der Waals surface area contributed by atoms with E-state index in [9.17, 15) is 0 Å². The third-order valence-electron chi connectivity index (χ3n) is 17.3. The Hall–Kier alpha value is 4.75. The van der Waals surface area contributed by atoms with Crippen LogP contribution in [0.15, 0.2) is 0 Å². The Balaban J connectivity index is 6.34. The van der Waals surface area contributed by atoms with E-state index in [1.165, 1.54) is 0 Å². The third-order valence-corrected chi connectivity index (χ3v) is 127. The molecule has 0 aromatic rings. The minimum atomic E-state index is -3.19. The molecule has 0 aliphatic carbocycles. The molecule has 0 bridgehead atoms. The molecule has 0 amide bonds. The first-order valence-electron chi connectivity index (χ1n) is 47.9. The molecule has 0 aliphatic heterocycles. The maximum absolute atomic E-state index is 7.67. The van der Waals surface area contributed by atoms with Gasteiger partial charge in [-0.05, 0) is 397 Å². The Kier molecular flexibility index (Phi) is 54.7. The van der Waals surface area contributed by atoms with Crippen molar-refractivity contribution >= 4 is 239 Å². The van der Waals surface area contributed by atoms with Gasteiger partial charge in [0.25, 0.3) is 0 Å². The van der Waals surface area contributed by atoms with Crippen LogP contribution in [0.1, 0.15) is 19.3 Å². The SMILES string of the molecule is COCCOCCC[Si](C)(O[Si](C)(C)C)O[Si](C)(CCCOCCOC)O[Si](C)(CCCOCCOC)O[Si](C)(C)O[Si](C)(C)O[Si](C)(C)O[Si](C)(C)O[Si](C)(C)O[Si](C)(C)O[Si](C)(C)O[Si](C)(C)O[Si](C)(C)O[Si](C)(C)O[Si](C)(C)O[Si](C)(C)O[Si](C)(C)O[Si](C)(C)O[Si](C)(C)O[Si](C)(C)O[Si](C)(C)O[Si](C)(C)O[Si](C)(C)O[Si](C)(C)O[Si](C)(C)O[Si](C)(C)O[Si](C)(C)O[Si](C)(C)C. The summed E-state index contributed by atoms with van der Waals surface area (Å²) in [6, 6.07) is 2.06. The van der Waals surface area contributed by atoms with E-state index in [0.29, 0.717) is 78.0 Å². The van der Waals surface area contributed by atoms with Crippen LogP contribution in [0.3, 0.4) is 0 Å². The maximum atomic E-state index is 7.67. The Labute approximate surface area is 849 Å². The zero-order chi connectivity index (χ0) is 106. The van der Waals surface area contributed by atoms with E-state index >= 15 is 0 Å². The van der Waals surface area contributed by atoms with Gasteiger partial charge in [0.05, 0.1) is 39.6 Å². The molecule has 0 saturated heterocycles. The molecule has 0 N–H and O–H groups in total. The van der Waals surface area contributed by atoms with E-state index < -0.39 is 239 Å². The van der Waals surface area contributed by atoms with Gasteiger partial charge >= 0.3 is 223 Å². The minimum absolute atomic E-state index is 0.490. The van der Waals surface area contributed by atoms with E-state index in [0.717, 1.165) is 18.9 Å². The molecule has 134 heavy (non-hydrogen) atoms. The number of hydrogen-bond acceptors (Lipinski definition) is 33. The van der Waals surface area contributed by atoms with Crippen molar-refractivity contribution in [2.24, 2.45) is 0 Å². The van der Waals surface area contributed by atoms with Crippen molar-refractivity contribution in [3.63, 3.8) is 0 Å². The highest BCUT2D eigenvalue weighted by atomic mass is 28.6. The summed E-state index contributed by atoms with van der Waals surface area (Å²) in [5.41, 5.74) is 0. The third kappa shape index (κ3) is 67.1. The van der Waals surface area contributed by atoms with E-state index in [1.54, 1.807) is 21.3 Å². The van der Waals surface area contributed by atoms with Crippen LogP contribution in [0.4, 0.5) is 0 Å². The van der Waals surface area contributed by atoms with Gasteiger partial charge in [-0.1, -0.05) is 0 Å². The molecule has 0 saturated carbocycles. The fourth-order valence-electron chi connectivity index (χ4n) is 18.9. The molecule has 0 aliphatic rings. The molecule has 3 atom stereocenters. The molecular formula is C73H204O33Si28. The molecule has 806 valence electrons. The van der Waals surface area contributed by atoms with E-state index in [1.807, 2.05) is 0 Å². The monoisotopic (exact) mass is 2390 g/mol. The zero-order valence-electron chi connectivity index (χ0n) is 96.1. The second-order valence-electron chi connectivity index (χ2n) is 47.7. The molecule has 0 fully saturated rings. The van der Waals surface area contributed by atoms with Crippen LogP contribution in [0.5, 0.6) is 0 Å². The minimum Gasteiger partial charge on any atom is -0.437 e. The standard InChI is InChI=1S/C73H204O33Si28/c1-74-65-68-77-62-59-71-132(56,81-108(7,8)9)105-134(58,73-61-64-79-70-67-76-3)106-133(57,72-60-63-78-69-66-75-2)104-131(54,55)103-130(52,53)102-129(50,51)101-128(48,49)100-127(46,47)99-126(44,45)98-125(42,43)97-124(40,41)96-123(38,39)95-122(36,37)94-121(34,35)93-120(32,33)92-119(30,31)91-118(28,29)90-117(26,27)89-116(24,25)88-115(22,23)87-114(20,21)86-113(18,19)85-112(16,17)84-111(14,15)83-110(12,13)82-109(10,11)80-107(4,5)6/h59-73H2,1-58H3. The number of ether oxygens (including phenoxy) is 6. The Morgan fingerprint density at radius 3 is 0.351 bits per heavy atom. The summed E-state index contributed by atoms with van der Waals surface area (Å²) in [6.07, 6.45) is 2.22. The number of hydrogen-bond donors (Lipinski definition) is 0. The van der Waals surface area contributed by atoms with E-state index in [2.05, 4.69) is 360 Å². The second-order valence-corrected chi connectivity index (χ2v) is 151. The lowest BCUT2D eigenvalue weighted by molar-refractivity contribution is 0.0694. The maximum Gasteiger partial charge on any atom is 0.317 e. The van der Waals surface area contributed by atoms with Gasteiger partial charge in [-0.2, -0.15) is 0 Å². The van der Waals surface area contributed by atoms with Gasteiger partial charge in [-0.3, -0.25) is 0 Å². The normalized spacial score (nSPS) is 16.7. The van der Waals surface area contributed by atoms with Gasteiger partial charge in [0, 0.05) is 41.2 Å². The Morgan fingerprint density at radius 2 is 0.224 bits per heavy atom. The van der Waals surface area contributed by atoms with Crippen LogP contribution in [-0.4, -0.2) is 320 Å². The van der Waals surface area contributed by atoms with Crippen LogP contribution in [0.2, 0.25) is 378 Å². The van der Waals surface area contributed by atoms with Crippen molar-refractivity contribution < 1.29 is 140 Å². The first kappa shape index (κ1) is 139. The van der Waals surface area contributed by atoms with Crippen molar-refractivity contribution in [3.05, 3.63) is 0 Å². The van der Waals surface area contributed by atoms with E-state index in [-0.39, 0.29) is 0 Å². The zero-order valence-corrected chi connectivity index (χ0v) is 124.